The average molecular weight is 274 g/mol. The van der Waals surface area contributed by atoms with E-state index in [4.69, 9.17) is 9.15 Å². The summed E-state index contributed by atoms with van der Waals surface area (Å²) in [6.45, 7) is 1.38. The number of halogens is 1. The molecule has 0 aromatic carbocycles. The van der Waals surface area contributed by atoms with Gasteiger partial charge >= 0.3 is 0 Å². The van der Waals surface area contributed by atoms with Crippen molar-refractivity contribution in [3.63, 3.8) is 0 Å². The fourth-order valence-electron chi connectivity index (χ4n) is 1.69. The second-order valence-electron chi connectivity index (χ2n) is 3.50. The Labute approximate surface area is 96.3 Å². The van der Waals surface area contributed by atoms with Crippen molar-refractivity contribution >= 4 is 21.8 Å². The Kier molecular flexibility index (Phi) is 3.11. The van der Waals surface area contributed by atoms with Crippen LogP contribution in [0.5, 0.6) is 0 Å². The molecule has 0 unspecified atom stereocenters. The molecule has 0 bridgehead atoms. The van der Waals surface area contributed by atoms with E-state index in [9.17, 15) is 4.79 Å². The number of likely N-dealkylation sites (tertiary alicyclic amines) is 1. The van der Waals surface area contributed by atoms with Gasteiger partial charge < -0.3 is 14.1 Å². The van der Waals surface area contributed by atoms with E-state index in [2.05, 4.69) is 15.9 Å². The van der Waals surface area contributed by atoms with Gasteiger partial charge in [-0.05, 0) is 34.5 Å². The van der Waals surface area contributed by atoms with Crippen LogP contribution in [0.15, 0.2) is 21.2 Å². The van der Waals surface area contributed by atoms with Crippen molar-refractivity contribution in [2.24, 2.45) is 0 Å². The van der Waals surface area contributed by atoms with E-state index in [0.717, 1.165) is 13.0 Å². The van der Waals surface area contributed by atoms with Crippen LogP contribution in [0.2, 0.25) is 0 Å². The second kappa shape index (κ2) is 4.37. The van der Waals surface area contributed by atoms with Gasteiger partial charge in [0.1, 0.15) is 0 Å². The predicted octanol–water partition coefficient (Wildman–Crippen LogP) is 1.90. The highest BCUT2D eigenvalue weighted by Gasteiger charge is 2.28. The summed E-state index contributed by atoms with van der Waals surface area (Å²) >= 11 is 3.17. The normalized spacial score (nSPS) is 20.9. The predicted molar refractivity (Wildman–Crippen MR) is 57.7 cm³/mol. The molecule has 1 fully saturated rings. The van der Waals surface area contributed by atoms with Crippen molar-refractivity contribution < 1.29 is 13.9 Å². The number of rotatable bonds is 2. The molecule has 2 heterocycles. The largest absolute Gasteiger partial charge is 0.444 e. The minimum atomic E-state index is -0.0692. The molecule has 1 aromatic heterocycles. The minimum Gasteiger partial charge on any atom is -0.444 e. The molecule has 1 atom stereocenters. The van der Waals surface area contributed by atoms with E-state index >= 15 is 0 Å². The fraction of sp³-hybridized carbons (Fsp3) is 0.500. The molecule has 1 aromatic rings. The standard InChI is InChI=1S/C10H12BrNO3/c1-14-7-4-5-12(6-7)10(13)8-2-3-9(11)15-8/h2-3,7H,4-6H2,1H3/t7-/m1/s1. The van der Waals surface area contributed by atoms with Crippen molar-refractivity contribution in [1.82, 2.24) is 4.90 Å². The molecule has 0 aliphatic carbocycles. The van der Waals surface area contributed by atoms with Gasteiger partial charge in [-0.25, -0.2) is 0 Å². The van der Waals surface area contributed by atoms with Crippen molar-refractivity contribution in [2.75, 3.05) is 20.2 Å². The third kappa shape index (κ3) is 2.23. The Morgan fingerprint density at radius 2 is 2.47 bits per heavy atom. The Bertz CT molecular complexity index is 363. The average Bonchev–Trinajstić information content (AvgIpc) is 2.84. The summed E-state index contributed by atoms with van der Waals surface area (Å²) in [4.78, 5) is 13.6. The monoisotopic (exact) mass is 273 g/mol. The highest BCUT2D eigenvalue weighted by atomic mass is 79.9. The topological polar surface area (TPSA) is 42.7 Å². The molecule has 1 aliphatic heterocycles. The molecule has 82 valence electrons. The van der Waals surface area contributed by atoms with Crippen molar-refractivity contribution in [3.8, 4) is 0 Å². The lowest BCUT2D eigenvalue weighted by molar-refractivity contribution is 0.0694. The molecule has 0 saturated carbocycles. The van der Waals surface area contributed by atoms with Crippen LogP contribution in [-0.2, 0) is 4.74 Å². The van der Waals surface area contributed by atoms with Gasteiger partial charge in [-0.2, -0.15) is 0 Å². The maximum atomic E-state index is 11.9. The van der Waals surface area contributed by atoms with Gasteiger partial charge in [0.05, 0.1) is 6.10 Å². The maximum absolute atomic E-state index is 11.9. The molecule has 0 spiro atoms. The van der Waals surface area contributed by atoms with E-state index in [0.29, 0.717) is 17.0 Å². The summed E-state index contributed by atoms with van der Waals surface area (Å²) in [5.41, 5.74) is 0. The Morgan fingerprint density at radius 1 is 1.67 bits per heavy atom. The molecule has 2 rings (SSSR count). The number of amides is 1. The van der Waals surface area contributed by atoms with Crippen LogP contribution in [0.4, 0.5) is 0 Å². The van der Waals surface area contributed by atoms with Crippen LogP contribution in [0.3, 0.4) is 0 Å². The number of ether oxygens (including phenoxy) is 1. The van der Waals surface area contributed by atoms with Crippen LogP contribution >= 0.6 is 15.9 Å². The van der Waals surface area contributed by atoms with Crippen molar-refractivity contribution in [1.29, 1.82) is 0 Å². The molecule has 4 nitrogen and oxygen atoms in total. The quantitative estimate of drug-likeness (QED) is 0.827. The highest BCUT2D eigenvalue weighted by molar-refractivity contribution is 9.10. The molecule has 5 heteroatoms. The van der Waals surface area contributed by atoms with Crippen molar-refractivity contribution in [3.05, 3.63) is 22.6 Å². The van der Waals surface area contributed by atoms with Gasteiger partial charge in [0.15, 0.2) is 10.4 Å². The molecule has 1 amide bonds. The summed E-state index contributed by atoms with van der Waals surface area (Å²) in [6.07, 6.45) is 1.05. The Hall–Kier alpha value is -0.810. The smallest absolute Gasteiger partial charge is 0.289 e. The highest BCUT2D eigenvalue weighted by Crippen LogP contribution is 2.19. The zero-order valence-corrected chi connectivity index (χ0v) is 9.99. The molecule has 0 N–H and O–H groups in total. The van der Waals surface area contributed by atoms with E-state index in [1.165, 1.54) is 0 Å². The summed E-state index contributed by atoms with van der Waals surface area (Å²) in [5.74, 6) is 0.305. The number of nitrogens with zero attached hydrogens (tertiary/aromatic N) is 1. The van der Waals surface area contributed by atoms with Gasteiger partial charge in [-0.1, -0.05) is 0 Å². The van der Waals surface area contributed by atoms with Gasteiger partial charge in [0.25, 0.3) is 5.91 Å². The Balaban J connectivity index is 2.03. The van der Waals surface area contributed by atoms with Crippen LogP contribution in [-0.4, -0.2) is 37.1 Å². The third-order valence-electron chi connectivity index (χ3n) is 2.55. The zero-order chi connectivity index (χ0) is 10.8. The maximum Gasteiger partial charge on any atom is 0.289 e. The lowest BCUT2D eigenvalue weighted by Crippen LogP contribution is -2.29. The summed E-state index contributed by atoms with van der Waals surface area (Å²) in [7, 11) is 1.67. The van der Waals surface area contributed by atoms with Gasteiger partial charge in [-0.3, -0.25) is 4.79 Å². The van der Waals surface area contributed by atoms with E-state index in [-0.39, 0.29) is 12.0 Å². The first-order chi connectivity index (χ1) is 7.20. The van der Waals surface area contributed by atoms with Crippen LogP contribution in [0.25, 0.3) is 0 Å². The number of furan rings is 1. The Morgan fingerprint density at radius 3 is 3.00 bits per heavy atom. The second-order valence-corrected chi connectivity index (χ2v) is 4.28. The first kappa shape index (κ1) is 10.7. The molecule has 15 heavy (non-hydrogen) atoms. The summed E-state index contributed by atoms with van der Waals surface area (Å²) in [5, 5.41) is 0. The lowest BCUT2D eigenvalue weighted by Gasteiger charge is -2.14. The summed E-state index contributed by atoms with van der Waals surface area (Å²) in [6, 6.07) is 3.39. The molecule has 1 aliphatic rings. The van der Waals surface area contributed by atoms with Crippen LogP contribution in [0.1, 0.15) is 17.0 Å². The first-order valence-electron chi connectivity index (χ1n) is 4.78. The molecule has 0 radical (unpaired) electrons. The minimum absolute atomic E-state index is 0.0692. The molecular formula is C10H12BrNO3. The van der Waals surface area contributed by atoms with E-state index < -0.39 is 0 Å². The first-order valence-corrected chi connectivity index (χ1v) is 5.57. The van der Waals surface area contributed by atoms with Gasteiger partial charge in [0, 0.05) is 20.2 Å². The van der Waals surface area contributed by atoms with Crippen LogP contribution < -0.4 is 0 Å². The van der Waals surface area contributed by atoms with Gasteiger partial charge in [-0.15, -0.1) is 0 Å². The number of carbonyl (C=O) groups excluding carboxylic acids is 1. The third-order valence-corrected chi connectivity index (χ3v) is 2.98. The summed E-state index contributed by atoms with van der Waals surface area (Å²) < 4.78 is 11.0. The number of hydrogen-bond acceptors (Lipinski definition) is 3. The molecular weight excluding hydrogens is 262 g/mol. The zero-order valence-electron chi connectivity index (χ0n) is 8.40. The van der Waals surface area contributed by atoms with Crippen molar-refractivity contribution in [2.45, 2.75) is 12.5 Å². The van der Waals surface area contributed by atoms with Gasteiger partial charge in [0.2, 0.25) is 0 Å². The van der Waals surface area contributed by atoms with E-state index in [1.807, 2.05) is 0 Å². The van der Waals surface area contributed by atoms with E-state index in [1.54, 1.807) is 24.1 Å². The van der Waals surface area contributed by atoms with Crippen LogP contribution in [0, 0.1) is 0 Å². The SMILES string of the molecule is CO[C@@H]1CCN(C(=O)c2ccc(Br)o2)C1. The fourth-order valence-corrected chi connectivity index (χ4v) is 2.00. The number of hydrogen-bond donors (Lipinski definition) is 0. The number of carbonyl (C=O) groups is 1. The molecule has 1 saturated heterocycles. The lowest BCUT2D eigenvalue weighted by atomic mass is 10.3. The number of methoxy groups -OCH3 is 1.